The molecule has 0 bridgehead atoms. The SMILES string of the molecule is Cc1ccc(-c2cc(C)c(C(C)(C)C)c(C)c2)c(C)c1. The van der Waals surface area contributed by atoms with E-state index in [0.717, 1.165) is 0 Å². The zero-order chi connectivity index (χ0) is 15.1. The minimum atomic E-state index is 0.203. The zero-order valence-corrected chi connectivity index (χ0v) is 13.9. The maximum absolute atomic E-state index is 2.34. The van der Waals surface area contributed by atoms with Crippen molar-refractivity contribution >= 4 is 0 Å². The predicted octanol–water partition coefficient (Wildman–Crippen LogP) is 5.88. The summed E-state index contributed by atoms with van der Waals surface area (Å²) in [6.07, 6.45) is 0. The van der Waals surface area contributed by atoms with Crippen molar-refractivity contribution in [1.29, 1.82) is 0 Å². The topological polar surface area (TPSA) is 0 Å². The molecule has 0 atom stereocenters. The second-order valence-electron chi connectivity index (χ2n) is 7.05. The van der Waals surface area contributed by atoms with Gasteiger partial charge in [0.25, 0.3) is 0 Å². The van der Waals surface area contributed by atoms with E-state index < -0.39 is 0 Å². The van der Waals surface area contributed by atoms with E-state index in [1.54, 1.807) is 0 Å². The van der Waals surface area contributed by atoms with Gasteiger partial charge in [0, 0.05) is 0 Å². The molecule has 2 rings (SSSR count). The van der Waals surface area contributed by atoms with E-state index >= 15 is 0 Å². The standard InChI is InChI=1S/C20H26/c1-13-8-9-18(14(2)10-13)17-11-15(3)19(16(4)12-17)20(5,6)7/h8-12H,1-7H3. The van der Waals surface area contributed by atoms with Gasteiger partial charge in [-0.3, -0.25) is 0 Å². The molecule has 0 aromatic heterocycles. The van der Waals surface area contributed by atoms with Gasteiger partial charge >= 0.3 is 0 Å². The summed E-state index contributed by atoms with van der Waals surface area (Å²) >= 11 is 0. The molecule has 0 saturated heterocycles. The third kappa shape index (κ3) is 2.80. The molecule has 0 nitrogen and oxygen atoms in total. The maximum Gasteiger partial charge on any atom is -0.0127 e. The first kappa shape index (κ1) is 14.8. The zero-order valence-electron chi connectivity index (χ0n) is 13.9. The van der Waals surface area contributed by atoms with E-state index in [0.29, 0.717) is 0 Å². The monoisotopic (exact) mass is 266 g/mol. The van der Waals surface area contributed by atoms with Crippen LogP contribution in [-0.2, 0) is 5.41 Å². The van der Waals surface area contributed by atoms with Gasteiger partial charge in [0.2, 0.25) is 0 Å². The molecule has 0 aliphatic rings. The van der Waals surface area contributed by atoms with Crippen molar-refractivity contribution in [3.63, 3.8) is 0 Å². The van der Waals surface area contributed by atoms with Gasteiger partial charge < -0.3 is 0 Å². The lowest BCUT2D eigenvalue weighted by molar-refractivity contribution is 0.582. The molecular formula is C20H26. The van der Waals surface area contributed by atoms with Crippen molar-refractivity contribution in [2.24, 2.45) is 0 Å². The van der Waals surface area contributed by atoms with Crippen LogP contribution in [0, 0.1) is 27.7 Å². The van der Waals surface area contributed by atoms with E-state index in [9.17, 15) is 0 Å². The molecule has 0 N–H and O–H groups in total. The quantitative estimate of drug-likeness (QED) is 0.604. The highest BCUT2D eigenvalue weighted by Crippen LogP contribution is 2.34. The molecule has 0 heterocycles. The van der Waals surface area contributed by atoms with Crippen LogP contribution in [0.3, 0.4) is 0 Å². The Bertz CT molecular complexity index is 617. The Kier molecular flexibility index (Phi) is 3.77. The minimum Gasteiger partial charge on any atom is -0.0587 e. The van der Waals surface area contributed by atoms with Crippen LogP contribution in [0.5, 0.6) is 0 Å². The summed E-state index contributed by atoms with van der Waals surface area (Å²) in [4.78, 5) is 0. The third-order valence-corrected chi connectivity index (χ3v) is 3.98. The lowest BCUT2D eigenvalue weighted by Gasteiger charge is -2.25. The first-order valence-electron chi connectivity index (χ1n) is 7.39. The molecule has 2 aromatic carbocycles. The summed E-state index contributed by atoms with van der Waals surface area (Å²) in [5.41, 5.74) is 9.84. The van der Waals surface area contributed by atoms with Crippen LogP contribution in [-0.4, -0.2) is 0 Å². The van der Waals surface area contributed by atoms with Crippen LogP contribution >= 0.6 is 0 Å². The second-order valence-corrected chi connectivity index (χ2v) is 7.05. The molecule has 0 fully saturated rings. The molecule has 0 amide bonds. The molecule has 106 valence electrons. The van der Waals surface area contributed by atoms with Gasteiger partial charge in [-0.1, -0.05) is 56.7 Å². The Balaban J connectivity index is 2.61. The number of aryl methyl sites for hydroxylation is 4. The Morgan fingerprint density at radius 1 is 0.700 bits per heavy atom. The summed E-state index contributed by atoms with van der Waals surface area (Å²) < 4.78 is 0. The molecule has 0 aliphatic carbocycles. The highest BCUT2D eigenvalue weighted by atomic mass is 14.2. The number of benzene rings is 2. The van der Waals surface area contributed by atoms with Crippen LogP contribution in [0.4, 0.5) is 0 Å². The van der Waals surface area contributed by atoms with Gasteiger partial charge in [0.1, 0.15) is 0 Å². The van der Waals surface area contributed by atoms with E-state index in [-0.39, 0.29) is 5.41 Å². The van der Waals surface area contributed by atoms with Crippen LogP contribution in [0.25, 0.3) is 11.1 Å². The lowest BCUT2D eigenvalue weighted by Crippen LogP contribution is -2.15. The molecule has 20 heavy (non-hydrogen) atoms. The van der Waals surface area contributed by atoms with Crippen molar-refractivity contribution in [2.45, 2.75) is 53.9 Å². The van der Waals surface area contributed by atoms with Gasteiger partial charge in [-0.25, -0.2) is 0 Å². The molecule has 0 heteroatoms. The van der Waals surface area contributed by atoms with Gasteiger partial charge in [-0.05, 0) is 66.5 Å². The normalized spacial score (nSPS) is 11.8. The van der Waals surface area contributed by atoms with E-state index in [1.807, 2.05) is 0 Å². The van der Waals surface area contributed by atoms with Gasteiger partial charge in [-0.15, -0.1) is 0 Å². The molecular weight excluding hydrogens is 240 g/mol. The van der Waals surface area contributed by atoms with Crippen LogP contribution in [0.1, 0.15) is 48.6 Å². The number of rotatable bonds is 1. The average Bonchev–Trinajstić information content (AvgIpc) is 2.25. The molecule has 0 aliphatic heterocycles. The van der Waals surface area contributed by atoms with Gasteiger partial charge in [0.15, 0.2) is 0 Å². The van der Waals surface area contributed by atoms with E-state index in [2.05, 4.69) is 78.8 Å². The highest BCUT2D eigenvalue weighted by molar-refractivity contribution is 5.70. The van der Waals surface area contributed by atoms with Crippen molar-refractivity contribution in [1.82, 2.24) is 0 Å². The summed E-state index contributed by atoms with van der Waals surface area (Å²) in [6, 6.07) is 11.4. The van der Waals surface area contributed by atoms with E-state index in [4.69, 9.17) is 0 Å². The fraction of sp³-hybridized carbons (Fsp3) is 0.400. The van der Waals surface area contributed by atoms with Crippen LogP contribution in [0.15, 0.2) is 30.3 Å². The Morgan fingerprint density at radius 2 is 1.25 bits per heavy atom. The van der Waals surface area contributed by atoms with Gasteiger partial charge in [-0.2, -0.15) is 0 Å². The summed E-state index contributed by atoms with van der Waals surface area (Å²) in [6.45, 7) is 15.7. The van der Waals surface area contributed by atoms with Gasteiger partial charge in [0.05, 0.1) is 0 Å². The largest absolute Gasteiger partial charge is 0.0587 e. The average molecular weight is 266 g/mol. The molecule has 2 aromatic rings. The molecule has 0 unspecified atom stereocenters. The first-order valence-corrected chi connectivity index (χ1v) is 7.39. The number of hydrogen-bond acceptors (Lipinski definition) is 0. The Labute approximate surface area is 123 Å². The van der Waals surface area contributed by atoms with Crippen LogP contribution in [0.2, 0.25) is 0 Å². The van der Waals surface area contributed by atoms with Crippen molar-refractivity contribution in [3.05, 3.63) is 58.1 Å². The molecule has 0 radical (unpaired) electrons. The minimum absolute atomic E-state index is 0.203. The summed E-state index contributed by atoms with van der Waals surface area (Å²) in [5, 5.41) is 0. The maximum atomic E-state index is 2.34. The highest BCUT2D eigenvalue weighted by Gasteiger charge is 2.19. The van der Waals surface area contributed by atoms with E-state index in [1.165, 1.54) is 38.9 Å². The summed E-state index contributed by atoms with van der Waals surface area (Å²) in [5.74, 6) is 0. The molecule has 0 spiro atoms. The smallest absolute Gasteiger partial charge is 0.0127 e. The Morgan fingerprint density at radius 3 is 1.70 bits per heavy atom. The van der Waals surface area contributed by atoms with Crippen molar-refractivity contribution in [2.75, 3.05) is 0 Å². The predicted molar refractivity (Wildman–Crippen MR) is 89.5 cm³/mol. The second kappa shape index (κ2) is 5.09. The first-order chi connectivity index (χ1) is 9.20. The van der Waals surface area contributed by atoms with Crippen molar-refractivity contribution < 1.29 is 0 Å². The fourth-order valence-corrected chi connectivity index (χ4v) is 3.44. The van der Waals surface area contributed by atoms with Crippen LogP contribution < -0.4 is 0 Å². The molecule has 0 saturated carbocycles. The summed E-state index contributed by atoms with van der Waals surface area (Å²) in [7, 11) is 0. The third-order valence-electron chi connectivity index (χ3n) is 3.98. The Hall–Kier alpha value is -1.56. The van der Waals surface area contributed by atoms with Crippen molar-refractivity contribution in [3.8, 4) is 11.1 Å². The lowest BCUT2D eigenvalue weighted by atomic mass is 9.80. The fourth-order valence-electron chi connectivity index (χ4n) is 3.44. The number of hydrogen-bond donors (Lipinski definition) is 0.